The summed E-state index contributed by atoms with van der Waals surface area (Å²) in [6, 6.07) is -0.997. The molecule has 0 spiro atoms. The van der Waals surface area contributed by atoms with Crippen molar-refractivity contribution < 1.29 is 44.6 Å². The fourth-order valence-electron chi connectivity index (χ4n) is 8.87. The summed E-state index contributed by atoms with van der Waals surface area (Å²) < 4.78 is 11.5. The minimum absolute atomic E-state index is 0.111. The van der Waals surface area contributed by atoms with Crippen LogP contribution in [0.3, 0.4) is 0 Å². The highest BCUT2D eigenvalue weighted by Gasteiger charge is 2.45. The highest BCUT2D eigenvalue weighted by atomic mass is 16.7. The summed E-state index contributed by atoms with van der Waals surface area (Å²) in [6.45, 7) is 5.42. The molecule has 0 aliphatic carbocycles. The molecule has 8 atom stereocenters. The lowest BCUT2D eigenvalue weighted by Crippen LogP contribution is -2.61. The number of carbonyl (C=O) groups is 2. The Kier molecular flexibility index (Phi) is 39.8. The molecule has 11 nitrogen and oxygen atoms in total. The van der Waals surface area contributed by atoms with Crippen molar-refractivity contribution in [1.82, 2.24) is 10.6 Å². The number of hydrogen-bond acceptors (Lipinski definition) is 9. The third-order valence-corrected chi connectivity index (χ3v) is 13.2. The Balaban J connectivity index is 2.37. The number of aliphatic hydroxyl groups is 5. The van der Waals surface area contributed by atoms with E-state index in [4.69, 9.17) is 9.47 Å². The monoisotopic (exact) mass is 899 g/mol. The molecule has 374 valence electrons. The van der Waals surface area contributed by atoms with Crippen LogP contribution in [0.15, 0.2) is 0 Å². The highest BCUT2D eigenvalue weighted by Crippen LogP contribution is 2.23. The largest absolute Gasteiger partial charge is 0.390 e. The van der Waals surface area contributed by atoms with Gasteiger partial charge in [0.05, 0.1) is 18.8 Å². The van der Waals surface area contributed by atoms with Crippen molar-refractivity contribution >= 4 is 11.8 Å². The van der Waals surface area contributed by atoms with Gasteiger partial charge in [0.2, 0.25) is 11.8 Å². The van der Waals surface area contributed by atoms with E-state index in [9.17, 15) is 35.1 Å². The summed E-state index contributed by atoms with van der Waals surface area (Å²) in [6.07, 6.45) is 35.4. The predicted octanol–water partition coefficient (Wildman–Crippen LogP) is 10.6. The van der Waals surface area contributed by atoms with Crippen LogP contribution in [0.1, 0.15) is 258 Å². The zero-order valence-electron chi connectivity index (χ0n) is 41.1. The van der Waals surface area contributed by atoms with Crippen molar-refractivity contribution in [2.45, 2.75) is 307 Å². The van der Waals surface area contributed by atoms with Crippen molar-refractivity contribution in [3.05, 3.63) is 0 Å². The van der Waals surface area contributed by atoms with Gasteiger partial charge in [-0.2, -0.15) is 0 Å². The Bertz CT molecular complexity index is 1040. The topological polar surface area (TPSA) is 178 Å². The average Bonchev–Trinajstić information content (AvgIpc) is 3.27. The number of amides is 2. The van der Waals surface area contributed by atoms with Crippen LogP contribution in [-0.2, 0) is 19.1 Å². The van der Waals surface area contributed by atoms with Crippen LogP contribution in [0.4, 0.5) is 0 Å². The average molecular weight is 899 g/mol. The number of unbranched alkanes of at least 4 members (excludes halogenated alkanes) is 33. The number of rotatable bonds is 45. The van der Waals surface area contributed by atoms with Crippen LogP contribution in [0, 0.1) is 0 Å². The van der Waals surface area contributed by atoms with Crippen molar-refractivity contribution in [3.63, 3.8) is 0 Å². The van der Waals surface area contributed by atoms with Crippen LogP contribution in [-0.4, -0.2) is 99.5 Å². The van der Waals surface area contributed by atoms with Gasteiger partial charge in [-0.05, 0) is 12.8 Å². The number of nitrogens with one attached hydrogen (secondary N) is 2. The number of aliphatic hydroxyl groups excluding tert-OH is 5. The third-order valence-electron chi connectivity index (χ3n) is 13.2. The maximum Gasteiger partial charge on any atom is 0.220 e. The van der Waals surface area contributed by atoms with Crippen LogP contribution in [0.5, 0.6) is 0 Å². The van der Waals surface area contributed by atoms with Crippen molar-refractivity contribution in [2.75, 3.05) is 13.2 Å². The van der Waals surface area contributed by atoms with Gasteiger partial charge in [-0.15, -0.1) is 0 Å². The van der Waals surface area contributed by atoms with Crippen LogP contribution in [0.25, 0.3) is 0 Å². The summed E-state index contributed by atoms with van der Waals surface area (Å²) in [5.41, 5.74) is 0. The predicted molar refractivity (Wildman–Crippen MR) is 257 cm³/mol. The molecule has 1 aliphatic rings. The van der Waals surface area contributed by atoms with E-state index in [2.05, 4.69) is 24.5 Å². The minimum Gasteiger partial charge on any atom is -0.390 e. The van der Waals surface area contributed by atoms with Crippen molar-refractivity contribution in [1.29, 1.82) is 0 Å². The molecule has 0 aromatic rings. The Morgan fingerprint density at radius 1 is 0.524 bits per heavy atom. The zero-order valence-corrected chi connectivity index (χ0v) is 41.1. The Morgan fingerprint density at radius 3 is 1.27 bits per heavy atom. The smallest absolute Gasteiger partial charge is 0.220 e. The van der Waals surface area contributed by atoms with E-state index in [0.29, 0.717) is 6.42 Å². The Hall–Kier alpha value is -1.34. The van der Waals surface area contributed by atoms with Crippen molar-refractivity contribution in [2.24, 2.45) is 0 Å². The van der Waals surface area contributed by atoms with Gasteiger partial charge in [-0.25, -0.2) is 0 Å². The molecule has 1 aliphatic heterocycles. The molecule has 0 aromatic heterocycles. The molecule has 0 bridgehead atoms. The van der Waals surface area contributed by atoms with Crippen LogP contribution in [0.2, 0.25) is 0 Å². The quantitative estimate of drug-likeness (QED) is 0.0293. The summed E-state index contributed by atoms with van der Waals surface area (Å²) in [5.74, 6) is -0.606. The lowest BCUT2D eigenvalue weighted by Gasteiger charge is -2.41. The van der Waals surface area contributed by atoms with Crippen LogP contribution < -0.4 is 10.6 Å². The second-order valence-electron chi connectivity index (χ2n) is 19.2. The first-order valence-corrected chi connectivity index (χ1v) is 26.8. The molecule has 5 unspecified atom stereocenters. The van der Waals surface area contributed by atoms with Gasteiger partial charge in [0.1, 0.15) is 30.5 Å². The molecular weight excluding hydrogens is 797 g/mol. The molecule has 2 amide bonds. The summed E-state index contributed by atoms with van der Waals surface area (Å²) in [5, 5.41) is 59.2. The molecule has 0 saturated carbocycles. The fraction of sp³-hybridized carbons (Fsp3) is 0.962. The third kappa shape index (κ3) is 32.9. The van der Waals surface area contributed by atoms with Gasteiger partial charge in [0, 0.05) is 19.9 Å². The number of carbonyl (C=O) groups excluding carboxylic acids is 2. The van der Waals surface area contributed by atoms with Gasteiger partial charge in [-0.1, -0.05) is 232 Å². The van der Waals surface area contributed by atoms with Gasteiger partial charge in [0.25, 0.3) is 0 Å². The SMILES string of the molecule is CCCCCCCCCCCCCCCCCCCCCCCCC(=O)N[C@@H](COC1OC(CNC(C)=O)C(O)C(O)C1O)[C@H](O)[C@H](O)CCCCCCCCCCCCCCC. The van der Waals surface area contributed by atoms with Gasteiger partial charge < -0.3 is 45.6 Å². The first-order chi connectivity index (χ1) is 30.6. The van der Waals surface area contributed by atoms with E-state index < -0.39 is 49.0 Å². The molecule has 1 saturated heterocycles. The van der Waals surface area contributed by atoms with E-state index in [-0.39, 0.29) is 31.4 Å². The zero-order chi connectivity index (χ0) is 46.2. The second kappa shape index (κ2) is 42.0. The van der Waals surface area contributed by atoms with E-state index in [1.165, 1.54) is 180 Å². The van der Waals surface area contributed by atoms with Crippen LogP contribution >= 0.6 is 0 Å². The molecule has 1 fully saturated rings. The molecule has 63 heavy (non-hydrogen) atoms. The van der Waals surface area contributed by atoms with E-state index in [1.807, 2.05) is 0 Å². The normalized spacial score (nSPS) is 20.4. The molecular formula is C52H102N2O9. The fourth-order valence-corrected chi connectivity index (χ4v) is 8.87. The Labute approximate surface area is 386 Å². The molecule has 7 N–H and O–H groups in total. The van der Waals surface area contributed by atoms with E-state index in [0.717, 1.165) is 51.4 Å². The van der Waals surface area contributed by atoms with Crippen molar-refractivity contribution in [3.8, 4) is 0 Å². The number of ether oxygens (including phenoxy) is 2. The highest BCUT2D eigenvalue weighted by molar-refractivity contribution is 5.76. The Morgan fingerprint density at radius 2 is 0.889 bits per heavy atom. The standard InChI is InChI=1S/C52H102N2O9/c1-4-6-8-10-12-14-16-18-19-20-21-22-23-24-25-26-28-30-32-34-36-38-40-47(57)54-44(42-62-52-51(61)50(60)49(59)46(63-52)41-53-43(3)55)48(58)45(56)39-37-35-33-31-29-27-17-15-13-11-9-7-5-2/h44-46,48-52,56,58-61H,4-42H2,1-3H3,(H,53,55)(H,54,57)/t44-,45+,46?,48-,49?,50?,51?,52?/m0/s1. The molecule has 1 heterocycles. The second-order valence-corrected chi connectivity index (χ2v) is 19.2. The summed E-state index contributed by atoms with van der Waals surface area (Å²) >= 11 is 0. The molecule has 0 radical (unpaired) electrons. The first kappa shape index (κ1) is 59.7. The first-order valence-electron chi connectivity index (χ1n) is 26.8. The lowest BCUT2D eigenvalue weighted by molar-refractivity contribution is -0.297. The van der Waals surface area contributed by atoms with E-state index in [1.54, 1.807) is 0 Å². The van der Waals surface area contributed by atoms with Gasteiger partial charge in [0.15, 0.2) is 6.29 Å². The summed E-state index contributed by atoms with van der Waals surface area (Å²) in [7, 11) is 0. The van der Waals surface area contributed by atoms with Gasteiger partial charge in [-0.3, -0.25) is 9.59 Å². The maximum absolute atomic E-state index is 13.1. The molecule has 11 heteroatoms. The number of hydrogen-bond donors (Lipinski definition) is 7. The molecule has 1 rings (SSSR count). The molecule has 0 aromatic carbocycles. The maximum atomic E-state index is 13.1. The van der Waals surface area contributed by atoms with E-state index >= 15 is 0 Å². The lowest BCUT2D eigenvalue weighted by atomic mass is 9.98. The minimum atomic E-state index is -1.61. The summed E-state index contributed by atoms with van der Waals surface area (Å²) in [4.78, 5) is 24.6. The van der Waals surface area contributed by atoms with Gasteiger partial charge >= 0.3 is 0 Å².